The van der Waals surface area contributed by atoms with Gasteiger partial charge in [0.15, 0.2) is 11.5 Å². The smallest absolute Gasteiger partial charge is 0.308 e. The number of carbonyl (C=O) groups excluding carboxylic acids is 1. The van der Waals surface area contributed by atoms with Crippen molar-refractivity contribution >= 4 is 5.97 Å². The van der Waals surface area contributed by atoms with Crippen LogP contribution in [0.15, 0.2) is 11.6 Å². The maximum atomic E-state index is 11.6. The summed E-state index contributed by atoms with van der Waals surface area (Å²) in [7, 11) is 0. The zero-order chi connectivity index (χ0) is 18.5. The van der Waals surface area contributed by atoms with Gasteiger partial charge in [0, 0.05) is 18.4 Å². The molecule has 0 amide bonds. The normalized spacial score (nSPS) is 27.4. The summed E-state index contributed by atoms with van der Waals surface area (Å²) in [5.74, 6) is 1.89. The van der Waals surface area contributed by atoms with Crippen LogP contribution in [0.25, 0.3) is 0 Å². The number of phenolic OH excluding ortho intramolecular Hbond substituents is 1. The van der Waals surface area contributed by atoms with Crippen LogP contribution in [0.4, 0.5) is 0 Å². The quantitative estimate of drug-likeness (QED) is 0.426. The molecule has 25 heavy (non-hydrogen) atoms. The third-order valence-electron chi connectivity index (χ3n) is 6.03. The average Bonchev–Trinajstić information content (AvgIpc) is 2.49. The molecule has 0 aromatic heterocycles. The number of aromatic hydroxyl groups is 1. The molecule has 0 radical (unpaired) electrons. The summed E-state index contributed by atoms with van der Waals surface area (Å²) in [6, 6.07) is 0. The van der Waals surface area contributed by atoms with E-state index in [1.54, 1.807) is 0 Å². The zero-order valence-electron chi connectivity index (χ0n) is 16.3. The van der Waals surface area contributed by atoms with Gasteiger partial charge in [0.2, 0.25) is 0 Å². The van der Waals surface area contributed by atoms with Gasteiger partial charge in [0.25, 0.3) is 0 Å². The monoisotopic (exact) mass is 342 g/mol. The SMILES string of the molecule is CC(=O)Oc1c(C)c2c3c(c1O)[C@@H](C)CC[C@@H]3[C@@H](C)C[C@H]2C=C(C)C. The van der Waals surface area contributed by atoms with E-state index in [4.69, 9.17) is 4.74 Å². The molecule has 136 valence electrons. The fourth-order valence-corrected chi connectivity index (χ4v) is 5.07. The Morgan fingerprint density at radius 3 is 2.40 bits per heavy atom. The first-order valence-corrected chi connectivity index (χ1v) is 9.45. The minimum Gasteiger partial charge on any atom is -0.504 e. The largest absolute Gasteiger partial charge is 0.504 e. The van der Waals surface area contributed by atoms with Crippen LogP contribution in [0.2, 0.25) is 0 Å². The number of hydrogen-bond acceptors (Lipinski definition) is 3. The Labute approximate surface area is 151 Å². The van der Waals surface area contributed by atoms with E-state index in [1.165, 1.54) is 30.0 Å². The second-order valence-electron chi connectivity index (χ2n) is 8.29. The molecule has 0 saturated carbocycles. The van der Waals surface area contributed by atoms with Gasteiger partial charge in [0.05, 0.1) is 0 Å². The Hall–Kier alpha value is -1.77. The van der Waals surface area contributed by atoms with Crippen LogP contribution in [0, 0.1) is 12.8 Å². The molecule has 4 atom stereocenters. The highest BCUT2D eigenvalue weighted by atomic mass is 16.5. The van der Waals surface area contributed by atoms with E-state index in [9.17, 15) is 9.90 Å². The molecule has 0 spiro atoms. The topological polar surface area (TPSA) is 46.5 Å². The average molecular weight is 342 g/mol. The molecule has 0 saturated heterocycles. The first kappa shape index (κ1) is 18.0. The van der Waals surface area contributed by atoms with Crippen molar-refractivity contribution in [2.45, 2.75) is 78.6 Å². The van der Waals surface area contributed by atoms with Crippen LogP contribution in [0.3, 0.4) is 0 Å². The van der Waals surface area contributed by atoms with Crippen molar-refractivity contribution in [1.29, 1.82) is 0 Å². The van der Waals surface area contributed by atoms with Crippen molar-refractivity contribution in [3.8, 4) is 11.5 Å². The number of esters is 1. The van der Waals surface area contributed by atoms with Gasteiger partial charge in [-0.25, -0.2) is 0 Å². The van der Waals surface area contributed by atoms with Gasteiger partial charge in [-0.3, -0.25) is 4.79 Å². The molecule has 0 bridgehead atoms. The summed E-state index contributed by atoms with van der Waals surface area (Å²) in [6.45, 7) is 12.2. The van der Waals surface area contributed by atoms with E-state index in [-0.39, 0.29) is 17.6 Å². The summed E-state index contributed by atoms with van der Waals surface area (Å²) in [4.78, 5) is 11.6. The Morgan fingerprint density at radius 2 is 1.80 bits per heavy atom. The van der Waals surface area contributed by atoms with Gasteiger partial charge in [0.1, 0.15) is 0 Å². The van der Waals surface area contributed by atoms with E-state index in [2.05, 4.69) is 33.8 Å². The number of phenols is 1. The molecule has 1 aromatic carbocycles. The van der Waals surface area contributed by atoms with Gasteiger partial charge in [-0.1, -0.05) is 25.5 Å². The van der Waals surface area contributed by atoms with Crippen LogP contribution in [-0.4, -0.2) is 11.1 Å². The molecule has 1 N–H and O–H groups in total. The number of benzene rings is 1. The molecule has 3 heteroatoms. The lowest BCUT2D eigenvalue weighted by molar-refractivity contribution is -0.132. The minimum absolute atomic E-state index is 0.189. The summed E-state index contributed by atoms with van der Waals surface area (Å²) in [5.41, 5.74) is 5.88. The van der Waals surface area contributed by atoms with Crippen molar-refractivity contribution in [3.05, 3.63) is 33.9 Å². The van der Waals surface area contributed by atoms with Crippen molar-refractivity contribution in [3.63, 3.8) is 0 Å². The zero-order valence-corrected chi connectivity index (χ0v) is 16.3. The summed E-state index contributed by atoms with van der Waals surface area (Å²) >= 11 is 0. The van der Waals surface area contributed by atoms with Crippen molar-refractivity contribution in [1.82, 2.24) is 0 Å². The van der Waals surface area contributed by atoms with Crippen LogP contribution < -0.4 is 4.74 Å². The number of allylic oxidation sites excluding steroid dienone is 2. The van der Waals surface area contributed by atoms with Gasteiger partial charge >= 0.3 is 5.97 Å². The van der Waals surface area contributed by atoms with Crippen LogP contribution >= 0.6 is 0 Å². The van der Waals surface area contributed by atoms with E-state index in [0.717, 1.165) is 24.0 Å². The second-order valence-corrected chi connectivity index (χ2v) is 8.29. The fraction of sp³-hybridized carbons (Fsp3) is 0.591. The molecule has 2 aliphatic rings. The van der Waals surface area contributed by atoms with Gasteiger partial charge in [-0.2, -0.15) is 0 Å². The summed E-state index contributed by atoms with van der Waals surface area (Å²) in [5, 5.41) is 11.0. The summed E-state index contributed by atoms with van der Waals surface area (Å²) in [6.07, 6.45) is 5.70. The van der Waals surface area contributed by atoms with Crippen LogP contribution in [0.5, 0.6) is 11.5 Å². The lowest BCUT2D eigenvalue weighted by atomic mass is 9.62. The van der Waals surface area contributed by atoms with Gasteiger partial charge < -0.3 is 9.84 Å². The standard InChI is InChI=1S/C22H30O3/c1-11(2)9-16-10-13(4)17-8-7-12(3)18-20(17)19(16)14(5)22(21(18)24)25-15(6)23/h9,12-13,16-17,24H,7-8,10H2,1-6H3/t12-,13-,16+,17+/m0/s1. The fourth-order valence-electron chi connectivity index (χ4n) is 5.07. The van der Waals surface area contributed by atoms with E-state index in [0.29, 0.717) is 23.5 Å². The van der Waals surface area contributed by atoms with Crippen molar-refractivity contribution in [2.75, 3.05) is 0 Å². The molecular weight excluding hydrogens is 312 g/mol. The van der Waals surface area contributed by atoms with E-state index < -0.39 is 0 Å². The molecular formula is C22H30O3. The third kappa shape index (κ3) is 2.98. The number of rotatable bonds is 2. The van der Waals surface area contributed by atoms with Crippen molar-refractivity contribution < 1.29 is 14.6 Å². The molecule has 0 unspecified atom stereocenters. The molecule has 0 fully saturated rings. The Morgan fingerprint density at radius 1 is 1.12 bits per heavy atom. The molecule has 0 heterocycles. The Bertz CT molecular complexity index is 740. The van der Waals surface area contributed by atoms with Gasteiger partial charge in [-0.05, 0) is 74.5 Å². The number of ether oxygens (including phenoxy) is 1. The maximum absolute atomic E-state index is 11.6. The molecule has 1 aromatic rings. The lowest BCUT2D eigenvalue weighted by Crippen LogP contribution is -2.28. The molecule has 3 rings (SSSR count). The highest BCUT2D eigenvalue weighted by Crippen LogP contribution is 2.57. The predicted molar refractivity (Wildman–Crippen MR) is 100 cm³/mol. The van der Waals surface area contributed by atoms with Crippen molar-refractivity contribution in [2.24, 2.45) is 5.92 Å². The molecule has 2 aliphatic carbocycles. The minimum atomic E-state index is -0.381. The van der Waals surface area contributed by atoms with Crippen LogP contribution in [-0.2, 0) is 4.79 Å². The highest BCUT2D eigenvalue weighted by Gasteiger charge is 2.41. The number of carbonyl (C=O) groups is 1. The van der Waals surface area contributed by atoms with E-state index in [1.807, 2.05) is 6.92 Å². The third-order valence-corrected chi connectivity index (χ3v) is 6.03. The second kappa shape index (κ2) is 6.51. The summed E-state index contributed by atoms with van der Waals surface area (Å²) < 4.78 is 5.46. The Balaban J connectivity index is 2.34. The maximum Gasteiger partial charge on any atom is 0.308 e. The number of hydrogen-bond donors (Lipinski definition) is 1. The van der Waals surface area contributed by atoms with Crippen LogP contribution in [0.1, 0.15) is 93.9 Å². The predicted octanol–water partition coefficient (Wildman–Crippen LogP) is 5.70. The Kier molecular flexibility index (Phi) is 4.70. The van der Waals surface area contributed by atoms with E-state index >= 15 is 0 Å². The highest BCUT2D eigenvalue weighted by molar-refractivity contribution is 5.74. The van der Waals surface area contributed by atoms with Gasteiger partial charge in [-0.15, -0.1) is 0 Å². The molecule has 3 nitrogen and oxygen atoms in total. The first-order valence-electron chi connectivity index (χ1n) is 9.45. The first-order chi connectivity index (χ1) is 11.7. The lowest BCUT2D eigenvalue weighted by Gasteiger charge is -2.43. The molecule has 0 aliphatic heterocycles.